The number of likely N-dealkylation sites (tertiary alicyclic amines) is 1. The number of carbonyl (C=O) groups excluding carboxylic acids is 2. The summed E-state index contributed by atoms with van der Waals surface area (Å²) in [6.45, 7) is 4.14. The number of carbonyl (C=O) groups is 2. The fourth-order valence-electron chi connectivity index (χ4n) is 4.03. The van der Waals surface area contributed by atoms with Crippen molar-refractivity contribution in [2.24, 2.45) is 5.92 Å². The maximum Gasteiger partial charge on any atom is 0.253 e. The number of amides is 2. The van der Waals surface area contributed by atoms with Gasteiger partial charge in [0.2, 0.25) is 5.91 Å². The first kappa shape index (κ1) is 22.6. The fraction of sp³-hybridized carbons (Fsp3) is 0.286. The SMILES string of the molecule is Cc1ccc(C(=O)N2CCCC(C(=O)NCc3ccc(OCc4ccccc4)cc3)C2)cc1. The van der Waals surface area contributed by atoms with E-state index >= 15 is 0 Å². The van der Waals surface area contributed by atoms with Crippen LogP contribution in [0.1, 0.15) is 39.9 Å². The van der Waals surface area contributed by atoms with E-state index in [-0.39, 0.29) is 17.7 Å². The summed E-state index contributed by atoms with van der Waals surface area (Å²) in [5.74, 6) is 0.618. The van der Waals surface area contributed by atoms with Crippen LogP contribution in [-0.2, 0) is 17.9 Å². The molecule has 0 aromatic heterocycles. The lowest BCUT2D eigenvalue weighted by Gasteiger charge is -2.32. The van der Waals surface area contributed by atoms with Crippen LogP contribution in [0.15, 0.2) is 78.9 Å². The lowest BCUT2D eigenvalue weighted by Crippen LogP contribution is -2.45. The smallest absolute Gasteiger partial charge is 0.253 e. The molecular weight excluding hydrogens is 412 g/mol. The Labute approximate surface area is 195 Å². The minimum absolute atomic E-state index is 0.000750. The van der Waals surface area contributed by atoms with E-state index in [1.807, 2.05) is 85.8 Å². The Kier molecular flexibility index (Phi) is 7.40. The van der Waals surface area contributed by atoms with Gasteiger partial charge < -0.3 is 15.0 Å². The van der Waals surface area contributed by atoms with Crippen molar-refractivity contribution >= 4 is 11.8 Å². The molecule has 1 N–H and O–H groups in total. The van der Waals surface area contributed by atoms with E-state index in [4.69, 9.17) is 4.74 Å². The van der Waals surface area contributed by atoms with E-state index in [2.05, 4.69) is 5.32 Å². The zero-order valence-electron chi connectivity index (χ0n) is 19.0. The minimum atomic E-state index is -0.179. The fourth-order valence-corrected chi connectivity index (χ4v) is 4.03. The third kappa shape index (κ3) is 6.22. The van der Waals surface area contributed by atoms with Crippen LogP contribution >= 0.6 is 0 Å². The van der Waals surface area contributed by atoms with Gasteiger partial charge in [-0.25, -0.2) is 0 Å². The zero-order valence-corrected chi connectivity index (χ0v) is 19.0. The molecule has 1 unspecified atom stereocenters. The number of aryl methyl sites for hydroxylation is 1. The van der Waals surface area contributed by atoms with Crippen LogP contribution in [0.2, 0.25) is 0 Å². The molecule has 5 nitrogen and oxygen atoms in total. The number of hydrogen-bond donors (Lipinski definition) is 1. The van der Waals surface area contributed by atoms with E-state index < -0.39 is 0 Å². The Morgan fingerprint density at radius 1 is 0.939 bits per heavy atom. The normalized spacial score (nSPS) is 15.7. The highest BCUT2D eigenvalue weighted by Gasteiger charge is 2.28. The molecule has 1 fully saturated rings. The van der Waals surface area contributed by atoms with Crippen molar-refractivity contribution in [3.05, 3.63) is 101 Å². The summed E-state index contributed by atoms with van der Waals surface area (Å²) in [6, 6.07) is 25.4. The predicted molar refractivity (Wildman–Crippen MR) is 129 cm³/mol. The second-order valence-corrected chi connectivity index (χ2v) is 8.59. The van der Waals surface area contributed by atoms with E-state index in [1.54, 1.807) is 4.90 Å². The van der Waals surface area contributed by atoms with E-state index in [9.17, 15) is 9.59 Å². The second kappa shape index (κ2) is 10.8. The maximum absolute atomic E-state index is 12.8. The van der Waals surface area contributed by atoms with Gasteiger partial charge in [-0.15, -0.1) is 0 Å². The van der Waals surface area contributed by atoms with Crippen LogP contribution in [0, 0.1) is 12.8 Å². The van der Waals surface area contributed by atoms with Crippen molar-refractivity contribution in [3.8, 4) is 5.75 Å². The van der Waals surface area contributed by atoms with Crippen LogP contribution in [0.5, 0.6) is 5.75 Å². The number of benzene rings is 3. The van der Waals surface area contributed by atoms with Crippen LogP contribution in [-0.4, -0.2) is 29.8 Å². The average Bonchev–Trinajstić information content (AvgIpc) is 2.87. The number of ether oxygens (including phenoxy) is 1. The summed E-state index contributed by atoms with van der Waals surface area (Å²) < 4.78 is 5.82. The summed E-state index contributed by atoms with van der Waals surface area (Å²) in [7, 11) is 0. The predicted octanol–water partition coefficient (Wildman–Crippen LogP) is 4.74. The monoisotopic (exact) mass is 442 g/mol. The summed E-state index contributed by atoms with van der Waals surface area (Å²) in [5, 5.41) is 3.03. The van der Waals surface area contributed by atoms with Crippen LogP contribution in [0.3, 0.4) is 0 Å². The van der Waals surface area contributed by atoms with Gasteiger partial charge in [-0.1, -0.05) is 60.2 Å². The molecule has 2 amide bonds. The van der Waals surface area contributed by atoms with E-state index in [1.165, 1.54) is 0 Å². The second-order valence-electron chi connectivity index (χ2n) is 8.59. The summed E-state index contributed by atoms with van der Waals surface area (Å²) in [5.41, 5.74) is 3.93. The molecule has 3 aromatic carbocycles. The molecule has 33 heavy (non-hydrogen) atoms. The van der Waals surface area contributed by atoms with Gasteiger partial charge in [0.05, 0.1) is 5.92 Å². The Bertz CT molecular complexity index is 1060. The van der Waals surface area contributed by atoms with Crippen molar-refractivity contribution in [1.82, 2.24) is 10.2 Å². The van der Waals surface area contributed by atoms with E-state index in [0.29, 0.717) is 31.8 Å². The number of rotatable bonds is 7. The molecule has 0 aliphatic carbocycles. The molecule has 0 saturated carbocycles. The van der Waals surface area contributed by atoms with Gasteiger partial charge in [-0.3, -0.25) is 9.59 Å². The summed E-state index contributed by atoms with van der Waals surface area (Å²) in [6.07, 6.45) is 1.64. The number of nitrogens with zero attached hydrogens (tertiary/aromatic N) is 1. The van der Waals surface area contributed by atoms with Gasteiger partial charge in [0.1, 0.15) is 12.4 Å². The third-order valence-electron chi connectivity index (χ3n) is 6.02. The van der Waals surface area contributed by atoms with Gasteiger partial charge in [0.15, 0.2) is 0 Å². The molecule has 4 rings (SSSR count). The molecule has 0 spiro atoms. The van der Waals surface area contributed by atoms with Crippen molar-refractivity contribution in [3.63, 3.8) is 0 Å². The quantitative estimate of drug-likeness (QED) is 0.575. The minimum Gasteiger partial charge on any atom is -0.489 e. The van der Waals surface area contributed by atoms with Crippen molar-refractivity contribution in [2.75, 3.05) is 13.1 Å². The average molecular weight is 443 g/mol. The van der Waals surface area contributed by atoms with Gasteiger partial charge in [0, 0.05) is 25.2 Å². The van der Waals surface area contributed by atoms with Gasteiger partial charge in [0.25, 0.3) is 5.91 Å². The largest absolute Gasteiger partial charge is 0.489 e. The molecular formula is C28H30N2O3. The van der Waals surface area contributed by atoms with Crippen LogP contribution in [0.4, 0.5) is 0 Å². The number of piperidine rings is 1. The van der Waals surface area contributed by atoms with Gasteiger partial charge in [-0.2, -0.15) is 0 Å². The first-order valence-corrected chi connectivity index (χ1v) is 11.5. The van der Waals surface area contributed by atoms with Crippen LogP contribution in [0.25, 0.3) is 0 Å². The Morgan fingerprint density at radius 3 is 2.39 bits per heavy atom. The zero-order chi connectivity index (χ0) is 23.0. The first-order valence-electron chi connectivity index (χ1n) is 11.5. The van der Waals surface area contributed by atoms with E-state index in [0.717, 1.165) is 35.3 Å². The lowest BCUT2D eigenvalue weighted by atomic mass is 9.96. The van der Waals surface area contributed by atoms with Crippen molar-refractivity contribution < 1.29 is 14.3 Å². The molecule has 1 atom stereocenters. The molecule has 3 aromatic rings. The topological polar surface area (TPSA) is 58.6 Å². The first-order chi connectivity index (χ1) is 16.1. The highest BCUT2D eigenvalue weighted by atomic mass is 16.5. The molecule has 1 heterocycles. The summed E-state index contributed by atoms with van der Waals surface area (Å²) in [4.78, 5) is 27.4. The van der Waals surface area contributed by atoms with Gasteiger partial charge >= 0.3 is 0 Å². The molecule has 1 aliphatic heterocycles. The van der Waals surface area contributed by atoms with Crippen molar-refractivity contribution in [1.29, 1.82) is 0 Å². The third-order valence-corrected chi connectivity index (χ3v) is 6.02. The maximum atomic E-state index is 12.8. The number of nitrogens with one attached hydrogen (secondary N) is 1. The molecule has 1 saturated heterocycles. The number of hydrogen-bond acceptors (Lipinski definition) is 3. The van der Waals surface area contributed by atoms with Crippen LogP contribution < -0.4 is 10.1 Å². The molecule has 170 valence electrons. The Hall–Kier alpha value is -3.60. The Balaban J connectivity index is 1.25. The van der Waals surface area contributed by atoms with Crippen molar-refractivity contribution in [2.45, 2.75) is 32.9 Å². The molecule has 0 bridgehead atoms. The molecule has 5 heteroatoms. The highest BCUT2D eigenvalue weighted by Crippen LogP contribution is 2.20. The van der Waals surface area contributed by atoms with Gasteiger partial charge in [-0.05, 0) is 55.2 Å². The standard InChI is InChI=1S/C28H30N2O3/c1-21-9-13-24(14-10-21)28(32)30-17-5-8-25(19-30)27(31)29-18-22-11-15-26(16-12-22)33-20-23-6-3-2-4-7-23/h2-4,6-7,9-16,25H,5,8,17-20H2,1H3,(H,29,31). The highest BCUT2D eigenvalue weighted by molar-refractivity contribution is 5.94. The molecule has 0 radical (unpaired) electrons. The summed E-state index contributed by atoms with van der Waals surface area (Å²) >= 11 is 0. The molecule has 1 aliphatic rings. The lowest BCUT2D eigenvalue weighted by molar-refractivity contribution is -0.126. The Morgan fingerprint density at radius 2 is 1.67 bits per heavy atom.